The molecule has 1 aliphatic heterocycles. The summed E-state index contributed by atoms with van der Waals surface area (Å²) in [4.78, 5) is 12.5. The van der Waals surface area contributed by atoms with Crippen molar-refractivity contribution in [2.75, 3.05) is 13.1 Å². The number of aliphatic carboxylic acids is 1. The molecule has 3 nitrogen and oxygen atoms in total. The molecule has 0 spiro atoms. The van der Waals surface area contributed by atoms with Crippen LogP contribution in [-0.4, -0.2) is 29.1 Å². The maximum atomic E-state index is 13.5. The Hall–Kier alpha value is -0.940. The summed E-state index contributed by atoms with van der Waals surface area (Å²) in [5.41, 5.74) is 0.646. The Morgan fingerprint density at radius 3 is 2.88 bits per heavy atom. The monoisotopic (exact) mass is 301 g/mol. The van der Waals surface area contributed by atoms with Gasteiger partial charge in [-0.1, -0.05) is 15.9 Å². The second-order valence-electron chi connectivity index (χ2n) is 4.39. The SMILES string of the molecule is O=C(O)CC1CN(Cc2cc(Br)ccc2F)C1. The first-order chi connectivity index (χ1) is 8.04. The third kappa shape index (κ3) is 3.26. The maximum Gasteiger partial charge on any atom is 0.303 e. The van der Waals surface area contributed by atoms with Crippen LogP contribution in [0.5, 0.6) is 0 Å². The van der Waals surface area contributed by atoms with Gasteiger partial charge in [-0.2, -0.15) is 0 Å². The largest absolute Gasteiger partial charge is 0.481 e. The minimum absolute atomic E-state index is 0.206. The van der Waals surface area contributed by atoms with E-state index in [0.29, 0.717) is 12.1 Å². The Labute approximate surface area is 107 Å². The van der Waals surface area contributed by atoms with Crippen LogP contribution >= 0.6 is 15.9 Å². The number of carbonyl (C=O) groups is 1. The van der Waals surface area contributed by atoms with Crippen LogP contribution in [0.4, 0.5) is 4.39 Å². The average molecular weight is 302 g/mol. The molecule has 1 fully saturated rings. The molecule has 5 heteroatoms. The fourth-order valence-electron chi connectivity index (χ4n) is 2.09. The molecule has 0 unspecified atom stereocenters. The van der Waals surface area contributed by atoms with E-state index >= 15 is 0 Å². The van der Waals surface area contributed by atoms with Crippen molar-refractivity contribution in [2.24, 2.45) is 5.92 Å². The minimum atomic E-state index is -0.761. The van der Waals surface area contributed by atoms with E-state index in [-0.39, 0.29) is 18.2 Å². The second kappa shape index (κ2) is 5.14. The van der Waals surface area contributed by atoms with Crippen molar-refractivity contribution < 1.29 is 14.3 Å². The molecule has 0 radical (unpaired) electrons. The predicted molar refractivity (Wildman–Crippen MR) is 65.1 cm³/mol. The van der Waals surface area contributed by atoms with E-state index < -0.39 is 5.97 Å². The third-order valence-corrected chi connectivity index (χ3v) is 3.39. The number of hydrogen-bond acceptors (Lipinski definition) is 2. The molecule has 0 atom stereocenters. The van der Waals surface area contributed by atoms with Crippen LogP contribution in [0.3, 0.4) is 0 Å². The first kappa shape index (κ1) is 12.5. The van der Waals surface area contributed by atoms with Gasteiger partial charge in [0.05, 0.1) is 6.42 Å². The summed E-state index contributed by atoms with van der Waals surface area (Å²) in [6.45, 7) is 2.01. The lowest BCUT2D eigenvalue weighted by atomic mass is 9.96. The highest BCUT2D eigenvalue weighted by Crippen LogP contribution is 2.23. The van der Waals surface area contributed by atoms with E-state index in [0.717, 1.165) is 17.6 Å². The molecule has 1 aromatic rings. The summed E-state index contributed by atoms with van der Waals surface area (Å²) < 4.78 is 14.3. The Bertz CT molecular complexity index is 433. The Balaban J connectivity index is 1.87. The smallest absolute Gasteiger partial charge is 0.303 e. The molecule has 2 rings (SSSR count). The predicted octanol–water partition coefficient (Wildman–Crippen LogP) is 2.49. The Morgan fingerprint density at radius 2 is 2.24 bits per heavy atom. The fraction of sp³-hybridized carbons (Fsp3) is 0.417. The molecule has 0 aliphatic carbocycles. The van der Waals surface area contributed by atoms with Crippen molar-refractivity contribution in [3.63, 3.8) is 0 Å². The van der Waals surface area contributed by atoms with Gasteiger partial charge in [0.15, 0.2) is 0 Å². The van der Waals surface area contributed by atoms with Gasteiger partial charge in [0, 0.05) is 29.7 Å². The molecule has 1 saturated heterocycles. The van der Waals surface area contributed by atoms with Gasteiger partial charge in [0.2, 0.25) is 0 Å². The standard InChI is InChI=1S/C12H13BrFNO2/c13-10-1-2-11(14)9(4-10)7-15-5-8(6-15)3-12(16)17/h1-2,4,8H,3,5-7H2,(H,16,17). The molecular formula is C12H13BrFNO2. The molecule has 1 aliphatic rings. The van der Waals surface area contributed by atoms with Crippen LogP contribution in [-0.2, 0) is 11.3 Å². The topological polar surface area (TPSA) is 40.5 Å². The Morgan fingerprint density at radius 1 is 1.53 bits per heavy atom. The van der Waals surface area contributed by atoms with Crippen LogP contribution in [0, 0.1) is 11.7 Å². The molecule has 1 aromatic carbocycles. The number of carboxylic acids is 1. The third-order valence-electron chi connectivity index (χ3n) is 2.90. The molecule has 0 aromatic heterocycles. The van der Waals surface area contributed by atoms with E-state index in [2.05, 4.69) is 20.8 Å². The molecule has 0 amide bonds. The number of likely N-dealkylation sites (tertiary alicyclic amines) is 1. The minimum Gasteiger partial charge on any atom is -0.481 e. The number of benzene rings is 1. The molecule has 0 bridgehead atoms. The van der Waals surface area contributed by atoms with Crippen molar-refractivity contribution in [3.05, 3.63) is 34.1 Å². The number of nitrogens with zero attached hydrogens (tertiary/aromatic N) is 1. The normalized spacial score (nSPS) is 16.8. The van der Waals surface area contributed by atoms with Gasteiger partial charge in [0.25, 0.3) is 0 Å². The highest BCUT2D eigenvalue weighted by Gasteiger charge is 2.28. The van der Waals surface area contributed by atoms with E-state index in [1.54, 1.807) is 12.1 Å². The first-order valence-electron chi connectivity index (χ1n) is 5.42. The van der Waals surface area contributed by atoms with Gasteiger partial charge in [-0.3, -0.25) is 9.69 Å². The highest BCUT2D eigenvalue weighted by molar-refractivity contribution is 9.10. The van der Waals surface area contributed by atoms with Crippen molar-refractivity contribution in [1.82, 2.24) is 4.90 Å². The molecule has 1 N–H and O–H groups in total. The highest BCUT2D eigenvalue weighted by atomic mass is 79.9. The van der Waals surface area contributed by atoms with E-state index in [1.807, 2.05) is 0 Å². The fourth-order valence-corrected chi connectivity index (χ4v) is 2.50. The zero-order valence-electron chi connectivity index (χ0n) is 9.20. The molecule has 92 valence electrons. The molecule has 0 saturated carbocycles. The zero-order chi connectivity index (χ0) is 12.4. The van der Waals surface area contributed by atoms with Crippen LogP contribution < -0.4 is 0 Å². The van der Waals surface area contributed by atoms with Crippen LogP contribution in [0.15, 0.2) is 22.7 Å². The van der Waals surface area contributed by atoms with E-state index in [4.69, 9.17) is 5.11 Å². The summed E-state index contributed by atoms with van der Waals surface area (Å²) >= 11 is 3.31. The Kier molecular flexibility index (Phi) is 3.79. The molecule has 1 heterocycles. The number of halogens is 2. The maximum absolute atomic E-state index is 13.5. The lowest BCUT2D eigenvalue weighted by Gasteiger charge is -2.38. The van der Waals surface area contributed by atoms with Crippen molar-refractivity contribution >= 4 is 21.9 Å². The van der Waals surface area contributed by atoms with Crippen molar-refractivity contribution in [1.29, 1.82) is 0 Å². The molecular weight excluding hydrogens is 289 g/mol. The van der Waals surface area contributed by atoms with Gasteiger partial charge in [-0.05, 0) is 24.1 Å². The van der Waals surface area contributed by atoms with Gasteiger partial charge in [-0.25, -0.2) is 4.39 Å². The summed E-state index contributed by atoms with van der Waals surface area (Å²) in [6.07, 6.45) is 0.206. The van der Waals surface area contributed by atoms with Crippen LogP contribution in [0.1, 0.15) is 12.0 Å². The quantitative estimate of drug-likeness (QED) is 0.929. The van der Waals surface area contributed by atoms with Crippen molar-refractivity contribution in [2.45, 2.75) is 13.0 Å². The van der Waals surface area contributed by atoms with Gasteiger partial charge in [-0.15, -0.1) is 0 Å². The van der Waals surface area contributed by atoms with Gasteiger partial charge < -0.3 is 5.11 Å². The first-order valence-corrected chi connectivity index (χ1v) is 6.22. The number of carboxylic acid groups (broad SMARTS) is 1. The lowest BCUT2D eigenvalue weighted by molar-refractivity contribution is -0.139. The lowest BCUT2D eigenvalue weighted by Crippen LogP contribution is -2.46. The number of rotatable bonds is 4. The van der Waals surface area contributed by atoms with E-state index in [1.165, 1.54) is 6.07 Å². The average Bonchev–Trinajstić information content (AvgIpc) is 2.19. The zero-order valence-corrected chi connectivity index (χ0v) is 10.8. The summed E-state index contributed by atoms with van der Waals surface area (Å²) in [5.74, 6) is -0.763. The van der Waals surface area contributed by atoms with Gasteiger partial charge in [0.1, 0.15) is 5.82 Å². The van der Waals surface area contributed by atoms with Crippen LogP contribution in [0.2, 0.25) is 0 Å². The summed E-state index contributed by atoms with van der Waals surface area (Å²) in [6, 6.07) is 4.87. The molecule has 17 heavy (non-hydrogen) atoms. The second-order valence-corrected chi connectivity index (χ2v) is 5.31. The van der Waals surface area contributed by atoms with Crippen molar-refractivity contribution in [3.8, 4) is 0 Å². The van der Waals surface area contributed by atoms with Crippen LogP contribution in [0.25, 0.3) is 0 Å². The summed E-state index contributed by atoms with van der Waals surface area (Å²) in [7, 11) is 0. The number of hydrogen-bond donors (Lipinski definition) is 1. The van der Waals surface area contributed by atoms with E-state index in [9.17, 15) is 9.18 Å². The van der Waals surface area contributed by atoms with Gasteiger partial charge >= 0.3 is 5.97 Å². The summed E-state index contributed by atoms with van der Waals surface area (Å²) in [5, 5.41) is 8.62.